The van der Waals surface area contributed by atoms with E-state index >= 15 is 0 Å². The summed E-state index contributed by atoms with van der Waals surface area (Å²) in [7, 11) is -4.06. The SMILES string of the molecule is Cc1ccc(S(=O)(=O)NC(=O)c2ccccc2C([O-])=[C+]c2ccccc2)cc1. The zero-order valence-electron chi connectivity index (χ0n) is 15.0. The van der Waals surface area contributed by atoms with Gasteiger partial charge in [0.2, 0.25) is 0 Å². The average molecular weight is 391 g/mol. The van der Waals surface area contributed by atoms with E-state index in [1.165, 1.54) is 24.3 Å². The Bertz CT molecular complexity index is 1120. The topological polar surface area (TPSA) is 86.3 Å². The number of carbonyl (C=O) groups is 1. The molecule has 0 radical (unpaired) electrons. The molecule has 0 bridgehead atoms. The molecule has 140 valence electrons. The van der Waals surface area contributed by atoms with E-state index in [2.05, 4.69) is 6.08 Å². The van der Waals surface area contributed by atoms with Crippen LogP contribution in [0.4, 0.5) is 0 Å². The number of nitrogens with one attached hydrogen (secondary N) is 1. The van der Waals surface area contributed by atoms with Crippen molar-refractivity contribution in [1.82, 2.24) is 4.72 Å². The molecule has 1 amide bonds. The Balaban J connectivity index is 1.91. The normalized spacial score (nSPS) is 11.5. The summed E-state index contributed by atoms with van der Waals surface area (Å²) in [4.78, 5) is 12.6. The van der Waals surface area contributed by atoms with Gasteiger partial charge in [0.25, 0.3) is 15.9 Å². The minimum Gasteiger partial charge on any atom is -0.850 e. The molecule has 28 heavy (non-hydrogen) atoms. The Hall–Kier alpha value is -3.47. The molecule has 0 aromatic heterocycles. The van der Waals surface area contributed by atoms with E-state index in [0.717, 1.165) is 5.56 Å². The van der Waals surface area contributed by atoms with Crippen molar-refractivity contribution in [2.45, 2.75) is 11.8 Å². The van der Waals surface area contributed by atoms with E-state index < -0.39 is 21.7 Å². The summed E-state index contributed by atoms with van der Waals surface area (Å²) in [6.07, 6.45) is 2.69. The van der Waals surface area contributed by atoms with E-state index in [1.807, 2.05) is 17.7 Å². The van der Waals surface area contributed by atoms with E-state index in [4.69, 9.17) is 0 Å². The molecule has 0 unspecified atom stereocenters. The van der Waals surface area contributed by atoms with Gasteiger partial charge in [-0.25, -0.2) is 13.1 Å². The standard InChI is InChI=1S/C22H17NO4S/c1-16-11-13-18(14-12-16)28(26,27)23-22(25)20-10-6-5-9-19(20)21(24)15-17-7-3-2-4-8-17/h2-14H,1H3,(H-,23,24,25). The largest absolute Gasteiger partial charge is 0.850 e. The number of hydrogen-bond acceptors (Lipinski definition) is 4. The monoisotopic (exact) mass is 391 g/mol. The van der Waals surface area contributed by atoms with Crippen molar-refractivity contribution in [3.63, 3.8) is 0 Å². The zero-order valence-corrected chi connectivity index (χ0v) is 15.9. The molecule has 3 aromatic carbocycles. The molecule has 0 aliphatic rings. The molecule has 0 saturated carbocycles. The van der Waals surface area contributed by atoms with Crippen LogP contribution in [0.3, 0.4) is 0 Å². The lowest BCUT2D eigenvalue weighted by Gasteiger charge is -2.12. The van der Waals surface area contributed by atoms with Crippen LogP contribution < -0.4 is 9.83 Å². The highest BCUT2D eigenvalue weighted by Gasteiger charge is 2.22. The first kappa shape index (κ1) is 19.3. The summed E-state index contributed by atoms with van der Waals surface area (Å²) >= 11 is 0. The average Bonchev–Trinajstić information content (AvgIpc) is 2.68. The third-order valence-corrected chi connectivity index (χ3v) is 5.35. The van der Waals surface area contributed by atoms with Gasteiger partial charge in [0.05, 0.1) is 16.0 Å². The number of sulfonamides is 1. The van der Waals surface area contributed by atoms with Gasteiger partial charge in [0.15, 0.2) is 0 Å². The number of aryl methyl sites for hydroxylation is 1. The highest BCUT2D eigenvalue weighted by atomic mass is 32.2. The van der Waals surface area contributed by atoms with Gasteiger partial charge in [-0.2, -0.15) is 0 Å². The van der Waals surface area contributed by atoms with Crippen LogP contribution in [0.15, 0.2) is 83.8 Å². The molecule has 0 fully saturated rings. The maximum absolute atomic E-state index is 12.6. The number of benzene rings is 3. The van der Waals surface area contributed by atoms with Crippen LogP contribution in [-0.2, 0) is 10.0 Å². The summed E-state index contributed by atoms with van der Waals surface area (Å²) < 4.78 is 27.0. The first-order valence-electron chi connectivity index (χ1n) is 8.46. The van der Waals surface area contributed by atoms with E-state index in [-0.39, 0.29) is 16.0 Å². The molecule has 0 aliphatic carbocycles. The van der Waals surface area contributed by atoms with Crippen molar-refractivity contribution in [3.8, 4) is 0 Å². The smallest absolute Gasteiger partial charge is 0.275 e. The van der Waals surface area contributed by atoms with Crippen molar-refractivity contribution < 1.29 is 18.3 Å². The summed E-state index contributed by atoms with van der Waals surface area (Å²) in [6, 6.07) is 20.9. The van der Waals surface area contributed by atoms with Crippen molar-refractivity contribution in [2.75, 3.05) is 0 Å². The van der Waals surface area contributed by atoms with E-state index in [1.54, 1.807) is 48.5 Å². The summed E-state index contributed by atoms with van der Waals surface area (Å²) in [5.74, 6) is -1.39. The summed E-state index contributed by atoms with van der Waals surface area (Å²) in [6.45, 7) is 1.83. The second kappa shape index (κ2) is 8.05. The molecule has 0 spiro atoms. The lowest BCUT2D eigenvalue weighted by atomic mass is 10.0. The second-order valence-electron chi connectivity index (χ2n) is 6.11. The quantitative estimate of drug-likeness (QED) is 0.412. The van der Waals surface area contributed by atoms with Crippen molar-refractivity contribution in [2.24, 2.45) is 0 Å². The fraction of sp³-hybridized carbons (Fsp3) is 0.0455. The van der Waals surface area contributed by atoms with Gasteiger partial charge in [-0.1, -0.05) is 29.8 Å². The maximum atomic E-state index is 12.6. The maximum Gasteiger partial charge on any atom is 0.275 e. The number of hydrogen-bond donors (Lipinski definition) is 1. The van der Waals surface area contributed by atoms with Gasteiger partial charge in [-0.15, -0.1) is 0 Å². The van der Waals surface area contributed by atoms with Crippen molar-refractivity contribution in [1.29, 1.82) is 0 Å². The minimum absolute atomic E-state index is 0.0299. The van der Waals surface area contributed by atoms with Gasteiger partial charge in [-0.3, -0.25) is 4.79 Å². The molecular weight excluding hydrogens is 374 g/mol. The van der Waals surface area contributed by atoms with Crippen LogP contribution in [0.5, 0.6) is 0 Å². The first-order chi connectivity index (χ1) is 13.4. The third-order valence-electron chi connectivity index (χ3n) is 4.01. The minimum atomic E-state index is -4.06. The zero-order chi connectivity index (χ0) is 20.1. The lowest BCUT2D eigenvalue weighted by Crippen LogP contribution is -2.31. The predicted octanol–water partition coefficient (Wildman–Crippen LogP) is 2.67. The van der Waals surface area contributed by atoms with Crippen LogP contribution >= 0.6 is 0 Å². The summed E-state index contributed by atoms with van der Waals surface area (Å²) in [5, 5.41) is 12.6. The molecule has 3 rings (SSSR count). The Morgan fingerprint density at radius 1 is 0.857 bits per heavy atom. The van der Waals surface area contributed by atoms with Gasteiger partial charge in [0.1, 0.15) is 5.56 Å². The van der Waals surface area contributed by atoms with Crippen LogP contribution in [-0.4, -0.2) is 14.3 Å². The molecule has 0 aliphatic heterocycles. The van der Waals surface area contributed by atoms with Crippen molar-refractivity contribution in [3.05, 3.63) is 107 Å². The van der Waals surface area contributed by atoms with Gasteiger partial charge >= 0.3 is 0 Å². The van der Waals surface area contributed by atoms with Gasteiger partial charge < -0.3 is 5.11 Å². The molecule has 0 saturated heterocycles. The lowest BCUT2D eigenvalue weighted by molar-refractivity contribution is -0.244. The Morgan fingerprint density at radius 2 is 1.43 bits per heavy atom. The summed E-state index contributed by atoms with van der Waals surface area (Å²) in [5.41, 5.74) is 1.50. The Kier molecular flexibility index (Phi) is 5.54. The number of carbonyl (C=O) groups excluding carboxylic acids is 1. The molecule has 6 heteroatoms. The Morgan fingerprint density at radius 3 is 2.07 bits per heavy atom. The van der Waals surface area contributed by atoms with E-state index in [0.29, 0.717) is 5.56 Å². The van der Waals surface area contributed by atoms with Crippen LogP contribution in [0.2, 0.25) is 0 Å². The predicted molar refractivity (Wildman–Crippen MR) is 104 cm³/mol. The molecule has 1 N–H and O–H groups in total. The van der Waals surface area contributed by atoms with Crippen LogP contribution in [0, 0.1) is 13.0 Å². The second-order valence-corrected chi connectivity index (χ2v) is 7.80. The number of rotatable bonds is 5. The molecule has 3 aromatic rings. The van der Waals surface area contributed by atoms with Gasteiger partial charge in [0, 0.05) is 24.0 Å². The van der Waals surface area contributed by atoms with Crippen LogP contribution in [0.1, 0.15) is 27.0 Å². The molecule has 0 heterocycles. The first-order valence-corrected chi connectivity index (χ1v) is 9.94. The highest BCUT2D eigenvalue weighted by Crippen LogP contribution is 2.18. The van der Waals surface area contributed by atoms with Crippen LogP contribution in [0.25, 0.3) is 5.76 Å². The Labute approximate surface area is 164 Å². The van der Waals surface area contributed by atoms with E-state index in [9.17, 15) is 18.3 Å². The molecular formula is C22H17NO4S. The fourth-order valence-corrected chi connectivity index (χ4v) is 3.52. The fourth-order valence-electron chi connectivity index (χ4n) is 2.55. The number of amides is 1. The third kappa shape index (κ3) is 4.43. The highest BCUT2D eigenvalue weighted by molar-refractivity contribution is 7.90. The van der Waals surface area contributed by atoms with Gasteiger partial charge in [-0.05, 0) is 49.4 Å². The molecule has 5 nitrogen and oxygen atoms in total. The molecule has 0 atom stereocenters. The van der Waals surface area contributed by atoms with Crippen molar-refractivity contribution >= 4 is 21.7 Å².